The number of rotatable bonds is 5. The third-order valence-corrected chi connectivity index (χ3v) is 3.03. The van der Waals surface area contributed by atoms with Crippen LogP contribution in [-0.2, 0) is 20.0 Å². The van der Waals surface area contributed by atoms with Crippen molar-refractivity contribution in [2.45, 2.75) is 19.9 Å². The zero-order valence-electron chi connectivity index (χ0n) is 8.68. The molecule has 0 saturated carbocycles. The first-order valence-electron chi connectivity index (χ1n) is 4.81. The van der Waals surface area contributed by atoms with Gasteiger partial charge >= 0.3 is 0 Å². The molecule has 0 saturated heterocycles. The van der Waals surface area contributed by atoms with E-state index in [4.69, 9.17) is 5.73 Å². The standard InChI is InChI=1S/C9H17BrN4/c1-3-7-9(10)8(14(2)13-7)6-12-5-4-11/h12H,3-6,11H2,1-2H3. The van der Waals surface area contributed by atoms with Gasteiger partial charge in [-0.3, -0.25) is 4.68 Å². The van der Waals surface area contributed by atoms with Gasteiger partial charge in [-0.15, -0.1) is 0 Å². The molecule has 80 valence electrons. The average Bonchev–Trinajstić information content (AvgIpc) is 2.45. The third-order valence-electron chi connectivity index (χ3n) is 2.12. The van der Waals surface area contributed by atoms with Crippen molar-refractivity contribution in [3.63, 3.8) is 0 Å². The molecule has 0 spiro atoms. The van der Waals surface area contributed by atoms with E-state index < -0.39 is 0 Å². The Kier molecular flexibility index (Phi) is 4.57. The second-order valence-electron chi connectivity index (χ2n) is 3.15. The minimum Gasteiger partial charge on any atom is -0.329 e. The molecule has 0 bridgehead atoms. The molecule has 14 heavy (non-hydrogen) atoms. The van der Waals surface area contributed by atoms with Gasteiger partial charge in [0.25, 0.3) is 0 Å². The largest absolute Gasteiger partial charge is 0.329 e. The summed E-state index contributed by atoms with van der Waals surface area (Å²) in [6.45, 7) is 4.40. The molecule has 1 heterocycles. The van der Waals surface area contributed by atoms with Gasteiger partial charge in [-0.2, -0.15) is 5.10 Å². The van der Waals surface area contributed by atoms with Gasteiger partial charge in [-0.1, -0.05) is 6.92 Å². The molecule has 0 aliphatic rings. The van der Waals surface area contributed by atoms with E-state index in [0.29, 0.717) is 6.54 Å². The molecule has 0 aromatic carbocycles. The Morgan fingerprint density at radius 3 is 2.79 bits per heavy atom. The van der Waals surface area contributed by atoms with Crippen LogP contribution in [0.3, 0.4) is 0 Å². The minimum atomic E-state index is 0.663. The van der Waals surface area contributed by atoms with Crippen LogP contribution in [0, 0.1) is 0 Å². The first kappa shape index (κ1) is 11.7. The van der Waals surface area contributed by atoms with Crippen LogP contribution in [0.15, 0.2) is 4.47 Å². The third kappa shape index (κ3) is 2.56. The van der Waals surface area contributed by atoms with Crippen LogP contribution in [-0.4, -0.2) is 22.9 Å². The van der Waals surface area contributed by atoms with Crippen molar-refractivity contribution in [3.05, 3.63) is 15.9 Å². The highest BCUT2D eigenvalue weighted by molar-refractivity contribution is 9.10. The number of aromatic nitrogens is 2. The highest BCUT2D eigenvalue weighted by atomic mass is 79.9. The lowest BCUT2D eigenvalue weighted by Crippen LogP contribution is -2.23. The molecule has 1 aromatic rings. The topological polar surface area (TPSA) is 55.9 Å². The lowest BCUT2D eigenvalue weighted by Gasteiger charge is -2.03. The second-order valence-corrected chi connectivity index (χ2v) is 3.94. The van der Waals surface area contributed by atoms with Crippen molar-refractivity contribution in [1.82, 2.24) is 15.1 Å². The number of hydrogen-bond donors (Lipinski definition) is 2. The van der Waals surface area contributed by atoms with E-state index in [9.17, 15) is 0 Å². The summed E-state index contributed by atoms with van der Waals surface area (Å²) in [7, 11) is 1.96. The summed E-state index contributed by atoms with van der Waals surface area (Å²) >= 11 is 3.56. The smallest absolute Gasteiger partial charge is 0.0767 e. The zero-order chi connectivity index (χ0) is 10.6. The van der Waals surface area contributed by atoms with E-state index in [1.165, 1.54) is 5.69 Å². The molecule has 0 unspecified atom stereocenters. The predicted molar refractivity (Wildman–Crippen MR) is 61.0 cm³/mol. The Hall–Kier alpha value is -0.390. The van der Waals surface area contributed by atoms with Gasteiger partial charge < -0.3 is 11.1 Å². The van der Waals surface area contributed by atoms with E-state index in [0.717, 1.165) is 29.7 Å². The summed E-state index contributed by atoms with van der Waals surface area (Å²) in [5.41, 5.74) is 7.69. The lowest BCUT2D eigenvalue weighted by molar-refractivity contribution is 0.626. The predicted octanol–water partition coefficient (Wildman–Crippen LogP) is 0.793. The molecular formula is C9H17BrN4. The lowest BCUT2D eigenvalue weighted by atomic mass is 10.3. The fourth-order valence-corrected chi connectivity index (χ4v) is 2.08. The first-order chi connectivity index (χ1) is 6.70. The maximum absolute atomic E-state index is 5.40. The maximum Gasteiger partial charge on any atom is 0.0767 e. The molecule has 3 N–H and O–H groups in total. The molecule has 4 nitrogen and oxygen atoms in total. The fourth-order valence-electron chi connectivity index (χ4n) is 1.32. The van der Waals surface area contributed by atoms with E-state index in [-0.39, 0.29) is 0 Å². The Morgan fingerprint density at radius 2 is 2.29 bits per heavy atom. The van der Waals surface area contributed by atoms with Crippen LogP contribution in [0.4, 0.5) is 0 Å². The van der Waals surface area contributed by atoms with Crippen LogP contribution >= 0.6 is 15.9 Å². The molecular weight excluding hydrogens is 244 g/mol. The Labute approximate surface area is 93.0 Å². The van der Waals surface area contributed by atoms with Crippen LogP contribution in [0.1, 0.15) is 18.3 Å². The SMILES string of the molecule is CCc1nn(C)c(CNCCN)c1Br. The molecule has 0 amide bonds. The van der Waals surface area contributed by atoms with Crippen LogP contribution in [0.25, 0.3) is 0 Å². The van der Waals surface area contributed by atoms with Gasteiger partial charge in [-0.25, -0.2) is 0 Å². The van der Waals surface area contributed by atoms with Gasteiger partial charge in [0.2, 0.25) is 0 Å². The second kappa shape index (κ2) is 5.48. The number of nitrogens with one attached hydrogen (secondary N) is 1. The summed E-state index contributed by atoms with van der Waals surface area (Å²) < 4.78 is 3.03. The number of hydrogen-bond acceptors (Lipinski definition) is 3. The molecule has 1 rings (SSSR count). The Morgan fingerprint density at radius 1 is 1.57 bits per heavy atom. The molecule has 0 atom stereocenters. The highest BCUT2D eigenvalue weighted by Crippen LogP contribution is 2.21. The summed E-state index contributed by atoms with van der Waals surface area (Å²) in [4.78, 5) is 0. The van der Waals surface area contributed by atoms with Gasteiger partial charge in [-0.05, 0) is 22.4 Å². The number of nitrogens with zero attached hydrogens (tertiary/aromatic N) is 2. The number of halogens is 1. The summed E-state index contributed by atoms with van der Waals surface area (Å²) in [6.07, 6.45) is 0.950. The van der Waals surface area contributed by atoms with Gasteiger partial charge in [0.05, 0.1) is 15.9 Å². The Bertz CT molecular complexity index is 295. The summed E-state index contributed by atoms with van der Waals surface area (Å²) in [5.74, 6) is 0. The summed E-state index contributed by atoms with van der Waals surface area (Å²) in [5, 5.41) is 7.66. The molecule has 0 fully saturated rings. The van der Waals surface area contributed by atoms with Crippen molar-refractivity contribution in [2.24, 2.45) is 12.8 Å². The summed E-state index contributed by atoms with van der Waals surface area (Å²) in [6, 6.07) is 0. The van der Waals surface area contributed by atoms with Crippen LogP contribution in [0.2, 0.25) is 0 Å². The van der Waals surface area contributed by atoms with Crippen LogP contribution < -0.4 is 11.1 Å². The van der Waals surface area contributed by atoms with Crippen molar-refractivity contribution < 1.29 is 0 Å². The maximum atomic E-state index is 5.40. The van der Waals surface area contributed by atoms with Crippen LogP contribution in [0.5, 0.6) is 0 Å². The normalized spacial score (nSPS) is 10.9. The Balaban J connectivity index is 2.70. The van der Waals surface area contributed by atoms with E-state index in [1.54, 1.807) is 0 Å². The van der Waals surface area contributed by atoms with Gasteiger partial charge in [0.15, 0.2) is 0 Å². The van der Waals surface area contributed by atoms with Crippen molar-refractivity contribution in [3.8, 4) is 0 Å². The number of nitrogens with two attached hydrogens (primary N) is 1. The minimum absolute atomic E-state index is 0.663. The highest BCUT2D eigenvalue weighted by Gasteiger charge is 2.11. The molecule has 0 radical (unpaired) electrons. The van der Waals surface area contributed by atoms with Gasteiger partial charge in [0, 0.05) is 26.7 Å². The monoisotopic (exact) mass is 260 g/mol. The van der Waals surface area contributed by atoms with Crippen molar-refractivity contribution in [1.29, 1.82) is 0 Å². The van der Waals surface area contributed by atoms with Crippen molar-refractivity contribution >= 4 is 15.9 Å². The molecule has 0 aliphatic heterocycles. The van der Waals surface area contributed by atoms with Crippen molar-refractivity contribution in [2.75, 3.05) is 13.1 Å². The average molecular weight is 261 g/mol. The fraction of sp³-hybridized carbons (Fsp3) is 0.667. The quantitative estimate of drug-likeness (QED) is 0.771. The molecule has 1 aromatic heterocycles. The number of aryl methyl sites for hydroxylation is 2. The zero-order valence-corrected chi connectivity index (χ0v) is 10.3. The molecule has 5 heteroatoms. The van der Waals surface area contributed by atoms with E-state index in [1.807, 2.05) is 11.7 Å². The van der Waals surface area contributed by atoms with E-state index in [2.05, 4.69) is 33.3 Å². The molecule has 0 aliphatic carbocycles. The first-order valence-corrected chi connectivity index (χ1v) is 5.61. The van der Waals surface area contributed by atoms with Gasteiger partial charge in [0.1, 0.15) is 0 Å². The van der Waals surface area contributed by atoms with E-state index >= 15 is 0 Å².